The minimum Gasteiger partial charge on any atom is -0.461 e. The number of carbonyl (C=O) groups is 2. The molecular weight excluding hydrogens is 294 g/mol. The number of rotatable bonds is 8. The van der Waals surface area contributed by atoms with Gasteiger partial charge in [-0.1, -0.05) is 44.2 Å². The van der Waals surface area contributed by atoms with Gasteiger partial charge < -0.3 is 14.0 Å². The molecule has 0 aliphatic rings. The summed E-state index contributed by atoms with van der Waals surface area (Å²) in [7, 11) is 5.97. The summed E-state index contributed by atoms with van der Waals surface area (Å²) < 4.78 is 11.3. The molecule has 0 saturated heterocycles. The number of likely N-dealkylation sites (N-methyl/N-ethyl adjacent to an activating group) is 1. The van der Waals surface area contributed by atoms with Crippen LogP contribution >= 0.6 is 0 Å². The molecule has 128 valence electrons. The summed E-state index contributed by atoms with van der Waals surface area (Å²) in [5.41, 5.74) is 0.933. The molecule has 1 atom stereocenters. The lowest BCUT2D eigenvalue weighted by atomic mass is 10.2. The Morgan fingerprint density at radius 3 is 2.22 bits per heavy atom. The van der Waals surface area contributed by atoms with Gasteiger partial charge in [-0.15, -0.1) is 0 Å². The molecule has 0 amide bonds. The summed E-state index contributed by atoms with van der Waals surface area (Å²) in [5.74, 6) is -0.867. The molecule has 1 rings (SSSR count). The van der Waals surface area contributed by atoms with Crippen molar-refractivity contribution in [3.05, 3.63) is 35.9 Å². The Labute approximate surface area is 138 Å². The van der Waals surface area contributed by atoms with E-state index in [2.05, 4.69) is 0 Å². The molecule has 0 aliphatic carbocycles. The molecule has 1 aromatic carbocycles. The van der Waals surface area contributed by atoms with Crippen LogP contribution in [0.2, 0.25) is 0 Å². The molecule has 23 heavy (non-hydrogen) atoms. The maximum Gasteiger partial charge on any atom is 0.310 e. The zero-order valence-corrected chi connectivity index (χ0v) is 14.7. The quantitative estimate of drug-likeness (QED) is 0.545. The maximum atomic E-state index is 12.0. The van der Waals surface area contributed by atoms with Crippen LogP contribution in [0.5, 0.6) is 0 Å². The zero-order valence-electron chi connectivity index (χ0n) is 14.7. The molecule has 0 radical (unpaired) electrons. The van der Waals surface area contributed by atoms with E-state index < -0.39 is 6.10 Å². The number of esters is 2. The SMILES string of the molecule is CC(C)C(=O)OC(CC(=O)OCc1ccccc1)C[N+](C)(C)C. The first-order chi connectivity index (χ1) is 10.7. The largest absolute Gasteiger partial charge is 0.461 e. The van der Waals surface area contributed by atoms with E-state index in [1.165, 1.54) is 0 Å². The van der Waals surface area contributed by atoms with E-state index >= 15 is 0 Å². The molecule has 0 heterocycles. The number of ether oxygens (including phenoxy) is 2. The third-order valence-electron chi connectivity index (χ3n) is 3.14. The van der Waals surface area contributed by atoms with Crippen molar-refractivity contribution in [2.45, 2.75) is 33.0 Å². The van der Waals surface area contributed by atoms with E-state index in [1.807, 2.05) is 51.5 Å². The molecule has 1 aromatic rings. The first-order valence-electron chi connectivity index (χ1n) is 7.88. The summed E-state index contributed by atoms with van der Waals surface area (Å²) in [5, 5.41) is 0. The third kappa shape index (κ3) is 8.35. The number of carbonyl (C=O) groups excluding carboxylic acids is 2. The van der Waals surface area contributed by atoms with Gasteiger partial charge in [0, 0.05) is 0 Å². The lowest BCUT2D eigenvalue weighted by Crippen LogP contribution is -2.44. The molecule has 0 bridgehead atoms. The predicted octanol–water partition coefficient (Wildman–Crippen LogP) is 2.39. The van der Waals surface area contributed by atoms with Crippen LogP contribution in [0.3, 0.4) is 0 Å². The normalized spacial score (nSPS) is 12.8. The van der Waals surface area contributed by atoms with Gasteiger partial charge in [0.2, 0.25) is 0 Å². The Balaban J connectivity index is 2.57. The lowest BCUT2D eigenvalue weighted by Gasteiger charge is -2.29. The summed E-state index contributed by atoms with van der Waals surface area (Å²) in [6, 6.07) is 9.50. The molecule has 5 nitrogen and oxygen atoms in total. The van der Waals surface area contributed by atoms with Gasteiger partial charge in [0.15, 0.2) is 6.10 Å². The standard InChI is InChI=1S/C18H28NO4/c1-14(2)18(21)23-16(12-19(3,4)5)11-17(20)22-13-15-9-7-6-8-10-15/h6-10,14,16H,11-13H2,1-5H3/q+1. The fourth-order valence-electron chi connectivity index (χ4n) is 2.04. The van der Waals surface area contributed by atoms with Crippen molar-refractivity contribution >= 4 is 11.9 Å². The van der Waals surface area contributed by atoms with Crippen LogP contribution in [-0.2, 0) is 25.7 Å². The highest BCUT2D eigenvalue weighted by molar-refractivity contribution is 5.73. The molecule has 0 N–H and O–H groups in total. The fourth-order valence-corrected chi connectivity index (χ4v) is 2.04. The average Bonchev–Trinajstić information content (AvgIpc) is 2.44. The van der Waals surface area contributed by atoms with Crippen LogP contribution in [0.1, 0.15) is 25.8 Å². The minimum atomic E-state index is -0.479. The number of quaternary nitrogens is 1. The van der Waals surface area contributed by atoms with Gasteiger partial charge in [-0.3, -0.25) is 9.59 Å². The smallest absolute Gasteiger partial charge is 0.310 e. The monoisotopic (exact) mass is 322 g/mol. The molecule has 0 spiro atoms. The number of nitrogens with zero attached hydrogens (tertiary/aromatic N) is 1. The molecule has 5 heteroatoms. The molecule has 1 unspecified atom stereocenters. The maximum absolute atomic E-state index is 12.0. The van der Waals surface area contributed by atoms with Crippen molar-refractivity contribution in [3.63, 3.8) is 0 Å². The van der Waals surface area contributed by atoms with Crippen LogP contribution < -0.4 is 0 Å². The van der Waals surface area contributed by atoms with E-state index in [9.17, 15) is 9.59 Å². The van der Waals surface area contributed by atoms with Gasteiger partial charge in [-0.2, -0.15) is 0 Å². The van der Waals surface area contributed by atoms with Gasteiger partial charge >= 0.3 is 11.9 Å². The first kappa shape index (κ1) is 19.2. The summed E-state index contributed by atoms with van der Waals surface area (Å²) >= 11 is 0. The number of hydrogen-bond acceptors (Lipinski definition) is 4. The van der Waals surface area contributed by atoms with Crippen LogP contribution in [-0.4, -0.2) is 50.2 Å². The molecule has 0 aromatic heterocycles. The highest BCUT2D eigenvalue weighted by Crippen LogP contribution is 2.10. The van der Waals surface area contributed by atoms with E-state index in [-0.39, 0.29) is 30.9 Å². The second-order valence-electron chi connectivity index (χ2n) is 7.04. The van der Waals surface area contributed by atoms with E-state index in [1.54, 1.807) is 13.8 Å². The Morgan fingerprint density at radius 2 is 1.70 bits per heavy atom. The van der Waals surface area contributed by atoms with E-state index in [0.29, 0.717) is 11.0 Å². The second kappa shape index (κ2) is 8.67. The molecular formula is C18H28NO4+. The molecule has 0 saturated carbocycles. The Kier molecular flexibility index (Phi) is 7.23. The molecule has 0 aliphatic heterocycles. The Hall–Kier alpha value is -1.88. The average molecular weight is 322 g/mol. The lowest BCUT2D eigenvalue weighted by molar-refractivity contribution is -0.873. The van der Waals surface area contributed by atoms with Crippen LogP contribution in [0.4, 0.5) is 0 Å². The van der Waals surface area contributed by atoms with Crippen LogP contribution in [0, 0.1) is 5.92 Å². The van der Waals surface area contributed by atoms with Gasteiger partial charge in [-0.05, 0) is 5.56 Å². The van der Waals surface area contributed by atoms with Crippen LogP contribution in [0.15, 0.2) is 30.3 Å². The summed E-state index contributed by atoms with van der Waals surface area (Å²) in [4.78, 5) is 23.9. The van der Waals surface area contributed by atoms with Gasteiger partial charge in [-0.25, -0.2) is 0 Å². The van der Waals surface area contributed by atoms with Crippen molar-refractivity contribution in [2.75, 3.05) is 27.7 Å². The van der Waals surface area contributed by atoms with Gasteiger partial charge in [0.1, 0.15) is 13.2 Å². The van der Waals surface area contributed by atoms with Crippen molar-refractivity contribution in [1.29, 1.82) is 0 Å². The van der Waals surface area contributed by atoms with E-state index in [4.69, 9.17) is 9.47 Å². The number of benzene rings is 1. The Bertz CT molecular complexity index is 506. The zero-order chi connectivity index (χ0) is 17.5. The van der Waals surface area contributed by atoms with Gasteiger partial charge in [0.25, 0.3) is 0 Å². The Morgan fingerprint density at radius 1 is 1.09 bits per heavy atom. The highest BCUT2D eigenvalue weighted by atomic mass is 16.6. The van der Waals surface area contributed by atoms with Crippen molar-refractivity contribution < 1.29 is 23.5 Å². The highest BCUT2D eigenvalue weighted by Gasteiger charge is 2.26. The van der Waals surface area contributed by atoms with Crippen molar-refractivity contribution in [1.82, 2.24) is 0 Å². The van der Waals surface area contributed by atoms with E-state index in [0.717, 1.165) is 5.56 Å². The first-order valence-corrected chi connectivity index (χ1v) is 7.88. The van der Waals surface area contributed by atoms with Gasteiger partial charge in [0.05, 0.1) is 33.5 Å². The predicted molar refractivity (Wildman–Crippen MR) is 88.5 cm³/mol. The van der Waals surface area contributed by atoms with Crippen molar-refractivity contribution in [2.24, 2.45) is 5.92 Å². The third-order valence-corrected chi connectivity index (χ3v) is 3.14. The topological polar surface area (TPSA) is 52.6 Å². The minimum absolute atomic E-state index is 0.0703. The summed E-state index contributed by atoms with van der Waals surface area (Å²) in [6.07, 6.45) is -0.408. The summed E-state index contributed by atoms with van der Waals surface area (Å²) in [6.45, 7) is 4.34. The molecule has 0 fully saturated rings. The number of hydrogen-bond donors (Lipinski definition) is 0. The fraction of sp³-hybridized carbons (Fsp3) is 0.556. The second-order valence-corrected chi connectivity index (χ2v) is 7.04. The van der Waals surface area contributed by atoms with Crippen molar-refractivity contribution in [3.8, 4) is 0 Å². The van der Waals surface area contributed by atoms with Crippen LogP contribution in [0.25, 0.3) is 0 Å².